The highest BCUT2D eigenvalue weighted by atomic mass is 127. The molecule has 0 aliphatic rings. The average Bonchev–Trinajstić information content (AvgIpc) is 2.20. The van der Waals surface area contributed by atoms with Crippen LogP contribution in [0.2, 0.25) is 0 Å². The van der Waals surface area contributed by atoms with Gasteiger partial charge in [0.2, 0.25) is 0 Å². The first-order valence-electron chi connectivity index (χ1n) is 3.68. The van der Waals surface area contributed by atoms with Gasteiger partial charge in [0.1, 0.15) is 12.4 Å². The molecule has 70 valence electrons. The van der Waals surface area contributed by atoms with E-state index in [0.717, 1.165) is 9.32 Å². The molecule has 0 atom stereocenters. The summed E-state index contributed by atoms with van der Waals surface area (Å²) < 4.78 is 6.48. The monoisotopic (exact) mass is 290 g/mol. The number of para-hydroxylation sites is 1. The van der Waals surface area contributed by atoms with Gasteiger partial charge in [-0.25, -0.2) is 5.26 Å². The van der Waals surface area contributed by atoms with E-state index in [1.807, 2.05) is 24.3 Å². The van der Waals surface area contributed by atoms with Crippen molar-refractivity contribution in [3.05, 3.63) is 27.8 Å². The molecule has 1 aromatic rings. The Morgan fingerprint density at radius 1 is 1.38 bits per heavy atom. The molecule has 0 saturated heterocycles. The summed E-state index contributed by atoms with van der Waals surface area (Å²) in [6.07, 6.45) is 0. The third kappa shape index (κ3) is 4.70. The summed E-state index contributed by atoms with van der Waals surface area (Å²) in [5.41, 5.74) is 5.30. The molecule has 13 heavy (non-hydrogen) atoms. The molecule has 0 bridgehead atoms. The summed E-state index contributed by atoms with van der Waals surface area (Å²) in [6.45, 7) is 4.64. The summed E-state index contributed by atoms with van der Waals surface area (Å²) in [6, 6.07) is 7.88. The molecular weight excluding hydrogens is 279 g/mol. The molecule has 0 saturated carbocycles. The van der Waals surface area contributed by atoms with Crippen molar-refractivity contribution in [2.75, 3.05) is 13.2 Å². The summed E-state index contributed by atoms with van der Waals surface area (Å²) in [5, 5.41) is 6.50. The van der Waals surface area contributed by atoms with Crippen LogP contribution in [0.15, 0.2) is 24.3 Å². The minimum Gasteiger partial charge on any atom is -0.491 e. The van der Waals surface area contributed by atoms with Crippen molar-refractivity contribution in [3.63, 3.8) is 0 Å². The lowest BCUT2D eigenvalue weighted by atomic mass is 10.3. The van der Waals surface area contributed by atoms with E-state index in [1.165, 1.54) is 0 Å². The van der Waals surface area contributed by atoms with Gasteiger partial charge in [-0.3, -0.25) is 0 Å². The van der Waals surface area contributed by atoms with Crippen molar-refractivity contribution >= 4 is 22.6 Å². The highest BCUT2D eigenvalue weighted by molar-refractivity contribution is 14.1. The molecule has 0 fully saturated rings. The van der Waals surface area contributed by atoms with Crippen LogP contribution in [-0.2, 0) is 0 Å². The first-order valence-corrected chi connectivity index (χ1v) is 4.75. The van der Waals surface area contributed by atoms with E-state index >= 15 is 0 Å². The Hall–Kier alpha value is -0.800. The second-order valence-corrected chi connectivity index (χ2v) is 3.23. The third-order valence-electron chi connectivity index (χ3n) is 1.21. The molecule has 1 rings (SSSR count). The maximum Gasteiger partial charge on any atom is 0.132 e. The lowest BCUT2D eigenvalue weighted by Crippen LogP contribution is -2.10. The number of halogens is 1. The highest BCUT2D eigenvalue weighted by Gasteiger charge is 1.96. The topological polar surface area (TPSA) is 59.0 Å². The largest absolute Gasteiger partial charge is 0.491 e. The number of rotatable bonds is 3. The molecule has 0 radical (unpaired) electrons. The molecule has 0 spiro atoms. The van der Waals surface area contributed by atoms with Gasteiger partial charge in [0.25, 0.3) is 0 Å². The second-order valence-electron chi connectivity index (χ2n) is 2.07. The number of nitriles is 1. The van der Waals surface area contributed by atoms with Crippen molar-refractivity contribution in [3.8, 4) is 12.3 Å². The zero-order valence-electron chi connectivity index (χ0n) is 7.11. The number of hydrogen-bond donors (Lipinski definition) is 1. The maximum atomic E-state index is 6.50. The molecule has 0 heterocycles. The Labute approximate surface area is 91.6 Å². The van der Waals surface area contributed by atoms with Crippen LogP contribution in [0.4, 0.5) is 0 Å². The molecule has 3 nitrogen and oxygen atoms in total. The van der Waals surface area contributed by atoms with Gasteiger partial charge in [0, 0.05) is 13.1 Å². The van der Waals surface area contributed by atoms with Crippen molar-refractivity contribution in [2.45, 2.75) is 0 Å². The lowest BCUT2D eigenvalue weighted by molar-refractivity contribution is 0.326. The minimum absolute atomic E-state index is 0.560. The summed E-state index contributed by atoms with van der Waals surface area (Å²) in [4.78, 5) is 0. The van der Waals surface area contributed by atoms with Crippen LogP contribution in [-0.4, -0.2) is 13.2 Å². The average molecular weight is 290 g/mol. The van der Waals surface area contributed by atoms with Gasteiger partial charge in [0.05, 0.1) is 3.57 Å². The highest BCUT2D eigenvalue weighted by Crippen LogP contribution is 2.18. The van der Waals surface area contributed by atoms with Crippen molar-refractivity contribution in [1.82, 2.24) is 0 Å². The first kappa shape index (κ1) is 12.2. The van der Waals surface area contributed by atoms with Gasteiger partial charge in [0.15, 0.2) is 0 Å². The molecule has 0 aromatic heterocycles. The molecule has 2 N–H and O–H groups in total. The van der Waals surface area contributed by atoms with E-state index in [0.29, 0.717) is 13.2 Å². The fourth-order valence-electron chi connectivity index (χ4n) is 0.731. The minimum atomic E-state index is 0.560. The maximum absolute atomic E-state index is 6.50. The molecule has 0 aliphatic heterocycles. The molecule has 1 aromatic carbocycles. The van der Waals surface area contributed by atoms with Gasteiger partial charge in [-0.1, -0.05) is 12.1 Å². The van der Waals surface area contributed by atoms with Crippen LogP contribution < -0.4 is 10.5 Å². The normalized spacial score (nSPS) is 8.31. The Morgan fingerprint density at radius 3 is 2.54 bits per heavy atom. The van der Waals surface area contributed by atoms with Crippen LogP contribution >= 0.6 is 22.6 Å². The smallest absolute Gasteiger partial charge is 0.132 e. The van der Waals surface area contributed by atoms with Crippen LogP contribution in [0, 0.1) is 15.4 Å². The Morgan fingerprint density at radius 2 is 2.00 bits per heavy atom. The van der Waals surface area contributed by atoms with Crippen LogP contribution in [0.1, 0.15) is 0 Å². The fraction of sp³-hybridized carbons (Fsp3) is 0.222. The number of nitrogens with two attached hydrogens (primary N) is 1. The molecule has 4 heteroatoms. The molecule has 0 aliphatic carbocycles. The van der Waals surface area contributed by atoms with Gasteiger partial charge in [-0.2, -0.15) is 0 Å². The first-order chi connectivity index (χ1) is 6.34. The van der Waals surface area contributed by atoms with Crippen LogP contribution in [0.25, 0.3) is 0 Å². The Kier molecular flexibility index (Phi) is 7.35. The zero-order chi connectivity index (χ0) is 10.1. The molecular formula is C9H11IN2O. The van der Waals surface area contributed by atoms with Gasteiger partial charge in [-0.15, -0.1) is 0 Å². The molecule has 0 amide bonds. The zero-order valence-corrected chi connectivity index (χ0v) is 9.27. The van der Waals surface area contributed by atoms with Crippen LogP contribution in [0.5, 0.6) is 5.75 Å². The van der Waals surface area contributed by atoms with E-state index in [1.54, 1.807) is 0 Å². The van der Waals surface area contributed by atoms with Crippen molar-refractivity contribution in [2.24, 2.45) is 5.73 Å². The van der Waals surface area contributed by atoms with E-state index < -0.39 is 0 Å². The summed E-state index contributed by atoms with van der Waals surface area (Å²) >= 11 is 2.23. The number of nitrogens with zero attached hydrogens (tertiary/aromatic N) is 1. The predicted molar refractivity (Wildman–Crippen MR) is 60.4 cm³/mol. The van der Waals surface area contributed by atoms with Crippen molar-refractivity contribution < 1.29 is 4.74 Å². The fourth-order valence-corrected chi connectivity index (χ4v) is 1.27. The van der Waals surface area contributed by atoms with Gasteiger partial charge in [-0.05, 0) is 34.7 Å². The Bertz CT molecular complexity index is 263. The van der Waals surface area contributed by atoms with E-state index in [2.05, 4.69) is 29.2 Å². The lowest BCUT2D eigenvalue weighted by Gasteiger charge is -2.05. The number of ether oxygens (including phenoxy) is 1. The summed E-state index contributed by atoms with van der Waals surface area (Å²) in [5.74, 6) is 0.915. The standard InChI is InChI=1S/C8H10INO.CHN/c9-7-3-1-2-4-8(7)11-6-5-10;1-2/h1-4H,5-6,10H2;1H. The quantitative estimate of drug-likeness (QED) is 0.863. The van der Waals surface area contributed by atoms with Gasteiger partial charge >= 0.3 is 0 Å². The Balaban J connectivity index is 0.000000671. The summed E-state index contributed by atoms with van der Waals surface area (Å²) in [7, 11) is 0. The van der Waals surface area contributed by atoms with Crippen LogP contribution in [0.3, 0.4) is 0 Å². The van der Waals surface area contributed by atoms with E-state index in [4.69, 9.17) is 15.7 Å². The number of benzene rings is 1. The second kappa shape index (κ2) is 7.83. The van der Waals surface area contributed by atoms with Crippen molar-refractivity contribution in [1.29, 1.82) is 5.26 Å². The number of hydrogen-bond acceptors (Lipinski definition) is 3. The predicted octanol–water partition coefficient (Wildman–Crippen LogP) is 1.77. The third-order valence-corrected chi connectivity index (χ3v) is 2.10. The SMILES string of the molecule is C#N.NCCOc1ccccc1I. The van der Waals surface area contributed by atoms with E-state index in [-0.39, 0.29) is 0 Å². The van der Waals surface area contributed by atoms with E-state index in [9.17, 15) is 0 Å². The van der Waals surface area contributed by atoms with Gasteiger partial charge < -0.3 is 10.5 Å². The molecule has 0 unspecified atom stereocenters.